The zero-order chi connectivity index (χ0) is 34.1. The van der Waals surface area contributed by atoms with Crippen LogP contribution >= 0.6 is 0 Å². The minimum Gasteiger partial charge on any atom is -0.494 e. The Balaban J connectivity index is 1.39. The van der Waals surface area contributed by atoms with Gasteiger partial charge in [-0.25, -0.2) is 4.68 Å². The molecule has 3 aromatic rings. The third-order valence-electron chi connectivity index (χ3n) is 10.2. The number of aliphatic hydroxyl groups is 1. The molecule has 254 valence electrons. The van der Waals surface area contributed by atoms with E-state index in [9.17, 15) is 19.5 Å². The third-order valence-corrected chi connectivity index (χ3v) is 10.2. The van der Waals surface area contributed by atoms with Gasteiger partial charge in [-0.2, -0.15) is 0 Å². The van der Waals surface area contributed by atoms with Gasteiger partial charge in [-0.05, 0) is 69.0 Å². The summed E-state index contributed by atoms with van der Waals surface area (Å²) in [5.41, 5.74) is -0.0279. The average Bonchev–Trinajstić information content (AvgIpc) is 3.83. The van der Waals surface area contributed by atoms with Gasteiger partial charge in [0.1, 0.15) is 29.6 Å². The Morgan fingerprint density at radius 2 is 1.83 bits per heavy atom. The van der Waals surface area contributed by atoms with E-state index in [4.69, 9.17) is 9.47 Å². The van der Waals surface area contributed by atoms with Crippen LogP contribution in [-0.4, -0.2) is 97.7 Å². The first-order valence-corrected chi connectivity index (χ1v) is 16.7. The van der Waals surface area contributed by atoms with Gasteiger partial charge < -0.3 is 29.3 Å². The van der Waals surface area contributed by atoms with Crippen LogP contribution in [0.25, 0.3) is 11.0 Å². The number of carbonyl (C=O) groups is 3. The van der Waals surface area contributed by atoms with E-state index in [1.54, 1.807) is 31.5 Å². The van der Waals surface area contributed by atoms with Gasteiger partial charge in [-0.3, -0.25) is 14.4 Å². The Morgan fingerprint density at radius 3 is 2.52 bits per heavy atom. The van der Waals surface area contributed by atoms with Crippen molar-refractivity contribution in [1.82, 2.24) is 24.8 Å². The lowest BCUT2D eigenvalue weighted by atomic mass is 9.64. The van der Waals surface area contributed by atoms with Gasteiger partial charge in [-0.1, -0.05) is 36.4 Å². The van der Waals surface area contributed by atoms with Crippen LogP contribution in [0, 0.1) is 11.8 Å². The van der Waals surface area contributed by atoms with Crippen molar-refractivity contribution in [3.63, 3.8) is 0 Å². The number of likely N-dealkylation sites (tertiary alicyclic amines) is 1. The van der Waals surface area contributed by atoms with E-state index in [2.05, 4.69) is 23.5 Å². The summed E-state index contributed by atoms with van der Waals surface area (Å²) in [5.74, 6) is -1.87. The van der Waals surface area contributed by atoms with Crippen LogP contribution in [0.2, 0.25) is 0 Å². The number of anilines is 1. The van der Waals surface area contributed by atoms with Crippen LogP contribution in [-0.2, 0) is 25.8 Å². The standard InChI is InChI=1S/C36H44N6O6/c1-5-20-39(24-42-28-13-10-9-12-27(28)37-38-42)34(46)31-36-19-18-35(7-3,48-36)29(30(36)33(45)41(31)22-11-23-43)32(44)40(21-6-2)25-14-16-26(17-15-25)47-8-4/h5-6,9-10,12-17,29-31,43H,1-2,7-8,11,18-24H2,3-4H3/t29-,30+,31?,35+,36?/m1/s1. The zero-order valence-corrected chi connectivity index (χ0v) is 27.7. The topological polar surface area (TPSA) is 130 Å². The van der Waals surface area contributed by atoms with E-state index >= 15 is 0 Å². The summed E-state index contributed by atoms with van der Waals surface area (Å²) >= 11 is 0. The van der Waals surface area contributed by atoms with Gasteiger partial charge in [-0.15, -0.1) is 18.3 Å². The largest absolute Gasteiger partial charge is 0.494 e. The third kappa shape index (κ3) is 5.36. The van der Waals surface area contributed by atoms with Crippen LogP contribution in [0.15, 0.2) is 73.8 Å². The fourth-order valence-electron chi connectivity index (χ4n) is 8.09. The highest BCUT2D eigenvalue weighted by atomic mass is 16.5. The van der Waals surface area contributed by atoms with Crippen LogP contribution in [0.5, 0.6) is 5.75 Å². The van der Waals surface area contributed by atoms with E-state index in [1.165, 1.54) is 0 Å². The van der Waals surface area contributed by atoms with Crippen molar-refractivity contribution in [1.29, 1.82) is 0 Å². The smallest absolute Gasteiger partial charge is 0.250 e. The molecule has 12 nitrogen and oxygen atoms in total. The first-order valence-electron chi connectivity index (χ1n) is 16.7. The van der Waals surface area contributed by atoms with Crippen LogP contribution in [0.3, 0.4) is 0 Å². The molecule has 0 radical (unpaired) electrons. The molecule has 4 heterocycles. The number of benzene rings is 2. The van der Waals surface area contributed by atoms with E-state index in [-0.39, 0.29) is 57.1 Å². The molecule has 3 fully saturated rings. The average molecular weight is 657 g/mol. The molecule has 2 unspecified atom stereocenters. The second-order valence-corrected chi connectivity index (χ2v) is 12.7. The molecule has 1 spiro atoms. The Morgan fingerprint density at radius 1 is 1.08 bits per heavy atom. The van der Waals surface area contributed by atoms with Crippen molar-refractivity contribution >= 4 is 34.4 Å². The maximum absolute atomic E-state index is 14.8. The molecular weight excluding hydrogens is 612 g/mol. The molecule has 48 heavy (non-hydrogen) atoms. The predicted molar refractivity (Wildman–Crippen MR) is 180 cm³/mol. The predicted octanol–water partition coefficient (Wildman–Crippen LogP) is 3.56. The van der Waals surface area contributed by atoms with Crippen LogP contribution in [0.4, 0.5) is 5.69 Å². The summed E-state index contributed by atoms with van der Waals surface area (Å²) in [5, 5.41) is 18.3. The van der Waals surface area contributed by atoms with E-state index in [0.717, 1.165) is 5.52 Å². The number of amides is 3. The second-order valence-electron chi connectivity index (χ2n) is 12.7. The molecule has 0 aliphatic carbocycles. The number of aliphatic hydroxyl groups excluding tert-OH is 1. The Hall–Kier alpha value is -4.55. The van der Waals surface area contributed by atoms with Gasteiger partial charge in [0.25, 0.3) is 0 Å². The summed E-state index contributed by atoms with van der Waals surface area (Å²) in [6.45, 7) is 12.7. The number of hydrogen-bond donors (Lipinski definition) is 1. The number of nitrogens with zero attached hydrogens (tertiary/aromatic N) is 6. The maximum atomic E-state index is 14.8. The van der Waals surface area contributed by atoms with Gasteiger partial charge in [0.2, 0.25) is 17.7 Å². The summed E-state index contributed by atoms with van der Waals surface area (Å²) in [4.78, 5) is 49.0. The minimum atomic E-state index is -1.22. The molecule has 1 aromatic heterocycles. The molecule has 0 saturated carbocycles. The molecule has 5 atom stereocenters. The van der Waals surface area contributed by atoms with Crippen molar-refractivity contribution in [2.75, 3.05) is 37.7 Å². The molecule has 3 aliphatic heterocycles. The number of carbonyl (C=O) groups excluding carboxylic acids is 3. The molecular formula is C36H44N6O6. The second kappa shape index (κ2) is 13.5. The monoisotopic (exact) mass is 656 g/mol. The van der Waals surface area contributed by atoms with Crippen molar-refractivity contribution in [2.45, 2.75) is 63.4 Å². The Bertz CT molecular complexity index is 1690. The summed E-state index contributed by atoms with van der Waals surface area (Å²) in [6.07, 6.45) is 5.05. The summed E-state index contributed by atoms with van der Waals surface area (Å²) in [7, 11) is 0. The van der Waals surface area contributed by atoms with Gasteiger partial charge in [0.15, 0.2) is 0 Å². The maximum Gasteiger partial charge on any atom is 0.250 e. The molecule has 3 saturated heterocycles. The fraction of sp³-hybridized carbons (Fsp3) is 0.472. The van der Waals surface area contributed by atoms with Crippen molar-refractivity contribution in [3.8, 4) is 5.75 Å². The van der Waals surface area contributed by atoms with Gasteiger partial charge in [0, 0.05) is 31.9 Å². The van der Waals surface area contributed by atoms with Crippen molar-refractivity contribution in [3.05, 3.63) is 73.8 Å². The molecule has 6 rings (SSSR count). The quantitative estimate of drug-likeness (QED) is 0.246. The highest BCUT2D eigenvalue weighted by Gasteiger charge is 2.79. The highest BCUT2D eigenvalue weighted by molar-refractivity contribution is 6.03. The summed E-state index contributed by atoms with van der Waals surface area (Å²) < 4.78 is 14.3. The highest BCUT2D eigenvalue weighted by Crippen LogP contribution is 2.64. The molecule has 1 N–H and O–H groups in total. The van der Waals surface area contributed by atoms with E-state index in [1.807, 2.05) is 62.4 Å². The van der Waals surface area contributed by atoms with Gasteiger partial charge >= 0.3 is 0 Å². The lowest BCUT2D eigenvalue weighted by Gasteiger charge is -2.37. The number of ether oxygens (including phenoxy) is 2. The number of rotatable bonds is 15. The number of para-hydroxylation sites is 1. The lowest BCUT2D eigenvalue weighted by molar-refractivity contribution is -0.153. The van der Waals surface area contributed by atoms with Crippen LogP contribution in [0.1, 0.15) is 39.5 Å². The zero-order valence-electron chi connectivity index (χ0n) is 27.7. The normalized spacial score (nSPS) is 25.7. The fourth-order valence-corrected chi connectivity index (χ4v) is 8.09. The number of aromatic nitrogens is 3. The van der Waals surface area contributed by atoms with Crippen LogP contribution < -0.4 is 9.64 Å². The van der Waals surface area contributed by atoms with Crippen molar-refractivity contribution < 1.29 is 29.0 Å². The molecule has 2 aromatic carbocycles. The molecule has 3 amide bonds. The first kappa shape index (κ1) is 33.4. The van der Waals surface area contributed by atoms with E-state index in [0.29, 0.717) is 42.8 Å². The number of fused-ring (bicyclic) bond motifs is 2. The Kier molecular flexibility index (Phi) is 9.39. The lowest BCUT2D eigenvalue weighted by Crippen LogP contribution is -2.56. The molecule has 12 heteroatoms. The van der Waals surface area contributed by atoms with Gasteiger partial charge in [0.05, 0.1) is 29.6 Å². The minimum absolute atomic E-state index is 0.0801. The Labute approximate surface area is 280 Å². The van der Waals surface area contributed by atoms with E-state index < -0.39 is 29.1 Å². The number of hydrogen-bond acceptors (Lipinski definition) is 8. The summed E-state index contributed by atoms with van der Waals surface area (Å²) in [6, 6.07) is 13.8. The SMILES string of the molecule is C=CCN(Cn1nnc2ccccc21)C(=O)C1N(CCCO)C(=O)[C@@H]2[C@H](C(=O)N(CC=C)c3ccc(OCC)cc3)[C@]3(CC)CCC12O3. The molecule has 2 bridgehead atoms. The molecule has 3 aliphatic rings. The van der Waals surface area contributed by atoms with Crippen molar-refractivity contribution in [2.24, 2.45) is 11.8 Å². The first-order chi connectivity index (χ1) is 23.3.